The molecule has 0 unspecified atom stereocenters. The molecule has 2 aliphatic rings. The molecule has 0 radical (unpaired) electrons. The molecule has 0 aliphatic carbocycles. The molecule has 0 amide bonds. The van der Waals surface area contributed by atoms with Crippen LogP contribution < -0.4 is 21.6 Å². The molecule has 16 rings (SSSR count). The summed E-state index contributed by atoms with van der Waals surface area (Å²) < 4.78 is 2.70. The zero-order valence-corrected chi connectivity index (χ0v) is 38.0. The van der Waals surface area contributed by atoms with E-state index in [0.717, 1.165) is 33.9 Å². The molecule has 1 aromatic heterocycles. The number of aromatic nitrogens is 1. The van der Waals surface area contributed by atoms with Gasteiger partial charge in [0.15, 0.2) is 0 Å². The number of nitrogens with zero attached hydrogens (tertiary/aromatic N) is 2. The maximum atomic E-state index is 7.26. The summed E-state index contributed by atoms with van der Waals surface area (Å²) in [7, 11) is 0. The molecule has 0 saturated heterocycles. The molecule has 14 aromatic rings. The molecule has 0 bridgehead atoms. The third-order valence-corrected chi connectivity index (χ3v) is 15.7. The normalized spacial score (nSPS) is 12.9. The van der Waals surface area contributed by atoms with Gasteiger partial charge < -0.3 is 15.1 Å². The Kier molecular flexibility index (Phi) is 7.57. The number of rotatable bonds is 3. The molecule has 3 heterocycles. The van der Waals surface area contributed by atoms with Crippen molar-refractivity contribution < 1.29 is 0 Å². The van der Waals surface area contributed by atoms with Crippen LogP contribution in [0.1, 0.15) is 0 Å². The van der Waals surface area contributed by atoms with Gasteiger partial charge in [0.1, 0.15) is 0 Å². The molecule has 3 nitrogen and oxygen atoms in total. The SMILES string of the molecule is Nc1cc2c3c(c1)N(c1cc(-c4ccccc4)cc(-c4ccccc4)c1)c1cc4cc5c6ccccc6c6ccccc6c5cc4cc1B3n1c3ccc4ccccc4c3c3c4ccccc4cc-2c31. The predicted octanol–water partition coefficient (Wildman–Crippen LogP) is 16.0. The van der Waals surface area contributed by atoms with Crippen LogP contribution in [0.5, 0.6) is 0 Å². The molecule has 70 heavy (non-hydrogen) atoms. The van der Waals surface area contributed by atoms with Crippen LogP contribution in [-0.2, 0) is 0 Å². The van der Waals surface area contributed by atoms with Gasteiger partial charge in [-0.2, -0.15) is 0 Å². The minimum absolute atomic E-state index is 0.161. The Morgan fingerprint density at radius 1 is 0.343 bits per heavy atom. The van der Waals surface area contributed by atoms with Crippen molar-refractivity contribution in [3.8, 4) is 33.4 Å². The Labute approximate surface area is 404 Å². The van der Waals surface area contributed by atoms with Gasteiger partial charge in [0.2, 0.25) is 0 Å². The Morgan fingerprint density at radius 2 is 0.886 bits per heavy atom. The van der Waals surface area contributed by atoms with E-state index in [-0.39, 0.29) is 6.85 Å². The van der Waals surface area contributed by atoms with Crippen molar-refractivity contribution in [1.29, 1.82) is 0 Å². The molecule has 2 aliphatic heterocycles. The molecular weight excluding hydrogens is 846 g/mol. The van der Waals surface area contributed by atoms with Crippen molar-refractivity contribution in [2.75, 3.05) is 10.6 Å². The first kappa shape index (κ1) is 37.9. The van der Waals surface area contributed by atoms with Gasteiger partial charge in [0.05, 0.1) is 0 Å². The molecule has 13 aromatic carbocycles. The summed E-state index contributed by atoms with van der Waals surface area (Å²) in [6, 6.07) is 85.9. The van der Waals surface area contributed by atoms with Gasteiger partial charge in [-0.1, -0.05) is 170 Å². The summed E-state index contributed by atoms with van der Waals surface area (Å²) in [5.74, 6) is 0. The summed E-state index contributed by atoms with van der Waals surface area (Å²) in [6.45, 7) is -0.161. The van der Waals surface area contributed by atoms with Crippen LogP contribution >= 0.6 is 0 Å². The maximum Gasteiger partial charge on any atom is 0.333 e. The topological polar surface area (TPSA) is 34.2 Å². The van der Waals surface area contributed by atoms with Crippen molar-refractivity contribution in [2.45, 2.75) is 0 Å². The largest absolute Gasteiger partial charge is 0.399 e. The Hall–Kier alpha value is -9.12. The monoisotopic (exact) mass is 885 g/mol. The molecule has 0 spiro atoms. The minimum atomic E-state index is -0.161. The zero-order chi connectivity index (χ0) is 45.8. The van der Waals surface area contributed by atoms with Gasteiger partial charge in [0, 0.05) is 50.1 Å². The summed E-state index contributed by atoms with van der Waals surface area (Å²) in [4.78, 5) is 2.53. The third kappa shape index (κ3) is 5.14. The fourth-order valence-corrected chi connectivity index (χ4v) is 12.8. The first-order valence-electron chi connectivity index (χ1n) is 24.3. The lowest BCUT2D eigenvalue weighted by atomic mass is 9.45. The van der Waals surface area contributed by atoms with Crippen LogP contribution in [0.25, 0.3) is 120 Å². The van der Waals surface area contributed by atoms with Gasteiger partial charge in [-0.15, -0.1) is 0 Å². The van der Waals surface area contributed by atoms with Crippen LogP contribution in [0.4, 0.5) is 22.7 Å². The van der Waals surface area contributed by atoms with Crippen molar-refractivity contribution >= 4 is 127 Å². The second kappa shape index (κ2) is 14.0. The molecular formula is C66H40BN3. The van der Waals surface area contributed by atoms with Crippen molar-refractivity contribution in [3.63, 3.8) is 0 Å². The second-order valence-electron chi connectivity index (χ2n) is 19.4. The van der Waals surface area contributed by atoms with Crippen molar-refractivity contribution in [1.82, 2.24) is 4.48 Å². The number of hydrogen-bond donors (Lipinski definition) is 1. The average Bonchev–Trinajstić information content (AvgIpc) is 3.77. The summed E-state index contributed by atoms with van der Waals surface area (Å²) in [6.07, 6.45) is 0. The number of fused-ring (bicyclic) bond motifs is 18. The highest BCUT2D eigenvalue weighted by Crippen LogP contribution is 2.51. The van der Waals surface area contributed by atoms with Gasteiger partial charge in [-0.3, -0.25) is 0 Å². The van der Waals surface area contributed by atoms with Gasteiger partial charge >= 0.3 is 6.85 Å². The van der Waals surface area contributed by atoms with Crippen molar-refractivity contribution in [2.24, 2.45) is 0 Å². The van der Waals surface area contributed by atoms with E-state index in [4.69, 9.17) is 5.73 Å². The number of anilines is 4. The van der Waals surface area contributed by atoms with Crippen LogP contribution in [0.15, 0.2) is 231 Å². The Balaban J connectivity index is 1.09. The van der Waals surface area contributed by atoms with E-state index >= 15 is 0 Å². The summed E-state index contributed by atoms with van der Waals surface area (Å²) in [5, 5.41) is 17.6. The number of nitrogens with two attached hydrogens (primary N) is 1. The minimum Gasteiger partial charge on any atom is -0.399 e. The number of benzene rings is 13. The first-order valence-corrected chi connectivity index (χ1v) is 24.3. The highest BCUT2D eigenvalue weighted by atomic mass is 15.2. The van der Waals surface area contributed by atoms with E-state index in [9.17, 15) is 0 Å². The number of nitrogen functional groups attached to an aromatic ring is 1. The van der Waals surface area contributed by atoms with E-state index in [2.05, 4.69) is 240 Å². The standard InChI is InChI=1S/C66H40BN3/c68-47-37-57-58-32-42-20-8-10-22-50(42)64-63-49-21-9-7-19-41(49)27-28-60(63)70(66(58)64)67-59-35-45-33-55-53-25-13-11-23-51(53)52-24-12-14-26-54(52)56(55)34-46(45)36-61(59)69(62(38-47)65(57)67)48-30-43(39-15-3-1-4-16-39)29-44(31-48)40-17-5-2-6-18-40/h1-38H,68H2. The highest BCUT2D eigenvalue weighted by Gasteiger charge is 2.44. The molecule has 0 atom stereocenters. The van der Waals surface area contributed by atoms with Crippen LogP contribution in [0.3, 0.4) is 0 Å². The molecule has 0 saturated carbocycles. The highest BCUT2D eigenvalue weighted by molar-refractivity contribution is 6.90. The fraction of sp³-hybridized carbons (Fsp3) is 0. The Morgan fingerprint density at radius 3 is 1.53 bits per heavy atom. The summed E-state index contributed by atoms with van der Waals surface area (Å²) in [5.41, 5.74) is 23.4. The number of hydrogen-bond acceptors (Lipinski definition) is 2. The van der Waals surface area contributed by atoms with Gasteiger partial charge in [0.25, 0.3) is 0 Å². The lowest BCUT2D eigenvalue weighted by Crippen LogP contribution is -2.56. The zero-order valence-electron chi connectivity index (χ0n) is 38.0. The van der Waals surface area contributed by atoms with E-state index < -0.39 is 0 Å². The Bertz CT molecular complexity index is 4550. The fourth-order valence-electron chi connectivity index (χ4n) is 12.8. The predicted molar refractivity (Wildman–Crippen MR) is 300 cm³/mol. The summed E-state index contributed by atoms with van der Waals surface area (Å²) >= 11 is 0. The molecule has 4 heteroatoms. The van der Waals surface area contributed by atoms with E-state index in [0.29, 0.717) is 0 Å². The van der Waals surface area contributed by atoms with E-state index in [1.54, 1.807) is 0 Å². The van der Waals surface area contributed by atoms with E-state index in [1.807, 2.05) is 0 Å². The van der Waals surface area contributed by atoms with Crippen molar-refractivity contribution in [3.05, 3.63) is 231 Å². The quantitative estimate of drug-likeness (QED) is 0.0830. The van der Waals surface area contributed by atoms with Crippen LogP contribution in [0, 0.1) is 0 Å². The first-order chi connectivity index (χ1) is 34.6. The van der Waals surface area contributed by atoms with Gasteiger partial charge in [-0.25, -0.2) is 0 Å². The van der Waals surface area contributed by atoms with E-state index in [1.165, 1.54) is 120 Å². The average molecular weight is 886 g/mol. The molecule has 322 valence electrons. The lowest BCUT2D eigenvalue weighted by molar-refractivity contribution is 1.26. The lowest BCUT2D eigenvalue weighted by Gasteiger charge is -2.41. The maximum absolute atomic E-state index is 7.26. The van der Waals surface area contributed by atoms with Gasteiger partial charge in [-0.05, 0) is 164 Å². The smallest absolute Gasteiger partial charge is 0.333 e. The molecule has 2 N–H and O–H groups in total. The second-order valence-corrected chi connectivity index (χ2v) is 19.4. The third-order valence-electron chi connectivity index (χ3n) is 15.7. The van der Waals surface area contributed by atoms with Crippen LogP contribution in [0.2, 0.25) is 0 Å². The molecule has 0 fully saturated rings. The van der Waals surface area contributed by atoms with Crippen LogP contribution in [-0.4, -0.2) is 11.3 Å².